The molecular formula is C12H18ClNO2S. The lowest BCUT2D eigenvalue weighted by molar-refractivity contribution is 0.281. The van der Waals surface area contributed by atoms with Crippen molar-refractivity contribution >= 4 is 19.7 Å². The molecule has 0 saturated heterocycles. The topological polar surface area (TPSA) is 37.4 Å². The molecule has 0 aromatic heterocycles. The zero-order valence-electron chi connectivity index (χ0n) is 9.97. The Bertz CT molecular complexity index is 419. The average molecular weight is 276 g/mol. The molecule has 0 fully saturated rings. The monoisotopic (exact) mass is 275 g/mol. The van der Waals surface area contributed by atoms with Gasteiger partial charge in [-0.05, 0) is 25.1 Å². The van der Waals surface area contributed by atoms with Gasteiger partial charge in [0, 0.05) is 17.2 Å². The predicted octanol–water partition coefficient (Wildman–Crippen LogP) is 2.47. The first-order chi connectivity index (χ1) is 8.01. The van der Waals surface area contributed by atoms with Crippen molar-refractivity contribution in [3.05, 3.63) is 35.9 Å². The Morgan fingerprint density at radius 3 is 2.41 bits per heavy atom. The molecule has 0 bridgehead atoms. The van der Waals surface area contributed by atoms with E-state index in [0.717, 1.165) is 19.6 Å². The number of rotatable bonds is 7. The minimum absolute atomic E-state index is 0.0415. The highest BCUT2D eigenvalue weighted by Gasteiger charge is 2.08. The van der Waals surface area contributed by atoms with Gasteiger partial charge in [-0.3, -0.25) is 4.90 Å². The van der Waals surface area contributed by atoms with E-state index < -0.39 is 9.05 Å². The summed E-state index contributed by atoms with van der Waals surface area (Å²) in [6, 6.07) is 10.1. The molecule has 0 heterocycles. The maximum absolute atomic E-state index is 10.8. The summed E-state index contributed by atoms with van der Waals surface area (Å²) in [6.45, 7) is 4.56. The molecule has 0 amide bonds. The Labute approximate surface area is 108 Å². The molecule has 0 atom stereocenters. The second-order valence-electron chi connectivity index (χ2n) is 3.95. The smallest absolute Gasteiger partial charge is 0.232 e. The van der Waals surface area contributed by atoms with Gasteiger partial charge in [0.1, 0.15) is 0 Å². The second kappa shape index (κ2) is 6.99. The fourth-order valence-corrected chi connectivity index (χ4v) is 2.45. The van der Waals surface area contributed by atoms with E-state index in [2.05, 4.69) is 24.0 Å². The number of hydrogen-bond donors (Lipinski definition) is 0. The maximum atomic E-state index is 10.8. The quantitative estimate of drug-likeness (QED) is 0.718. The summed E-state index contributed by atoms with van der Waals surface area (Å²) in [6.07, 6.45) is 0.576. The van der Waals surface area contributed by atoms with Crippen LogP contribution in [0.1, 0.15) is 18.9 Å². The van der Waals surface area contributed by atoms with Crippen LogP contribution in [0.4, 0.5) is 0 Å². The van der Waals surface area contributed by atoms with Crippen LogP contribution in [0.25, 0.3) is 0 Å². The molecule has 0 aliphatic carbocycles. The highest BCUT2D eigenvalue weighted by atomic mass is 35.7. The highest BCUT2D eigenvalue weighted by molar-refractivity contribution is 8.13. The summed E-state index contributed by atoms with van der Waals surface area (Å²) in [5.74, 6) is 0.0415. The van der Waals surface area contributed by atoms with E-state index in [9.17, 15) is 8.42 Å². The van der Waals surface area contributed by atoms with Gasteiger partial charge < -0.3 is 0 Å². The zero-order chi connectivity index (χ0) is 12.7. The Morgan fingerprint density at radius 1 is 1.24 bits per heavy atom. The van der Waals surface area contributed by atoms with E-state index >= 15 is 0 Å². The third kappa shape index (κ3) is 6.66. The van der Waals surface area contributed by atoms with Gasteiger partial charge in [-0.2, -0.15) is 0 Å². The number of hydrogen-bond acceptors (Lipinski definition) is 3. The average Bonchev–Trinajstić information content (AvgIpc) is 2.27. The van der Waals surface area contributed by atoms with E-state index in [4.69, 9.17) is 10.7 Å². The Hall–Kier alpha value is -0.580. The summed E-state index contributed by atoms with van der Waals surface area (Å²) >= 11 is 0. The summed E-state index contributed by atoms with van der Waals surface area (Å²) in [5, 5.41) is 0. The molecule has 1 aromatic carbocycles. The molecule has 3 nitrogen and oxygen atoms in total. The van der Waals surface area contributed by atoms with Gasteiger partial charge >= 0.3 is 0 Å². The number of benzene rings is 1. The summed E-state index contributed by atoms with van der Waals surface area (Å²) in [5.41, 5.74) is 1.24. The second-order valence-corrected chi connectivity index (χ2v) is 6.85. The van der Waals surface area contributed by atoms with Gasteiger partial charge in [-0.25, -0.2) is 8.42 Å². The van der Waals surface area contributed by atoms with Gasteiger partial charge in [0.05, 0.1) is 5.75 Å². The molecule has 0 radical (unpaired) electrons. The van der Waals surface area contributed by atoms with Crippen LogP contribution in [0.2, 0.25) is 0 Å². The predicted molar refractivity (Wildman–Crippen MR) is 71.6 cm³/mol. The summed E-state index contributed by atoms with van der Waals surface area (Å²) in [4.78, 5) is 2.21. The minimum Gasteiger partial charge on any atom is -0.299 e. The van der Waals surface area contributed by atoms with Crippen molar-refractivity contribution in [3.8, 4) is 0 Å². The Balaban J connectivity index is 2.39. The lowest BCUT2D eigenvalue weighted by atomic mass is 10.2. The van der Waals surface area contributed by atoms with Gasteiger partial charge in [0.15, 0.2) is 0 Å². The molecule has 0 aliphatic rings. The van der Waals surface area contributed by atoms with Crippen molar-refractivity contribution < 1.29 is 8.42 Å². The molecule has 0 unspecified atom stereocenters. The summed E-state index contributed by atoms with van der Waals surface area (Å²) in [7, 11) is 1.82. The minimum atomic E-state index is -3.36. The Kier molecular flexibility index (Phi) is 5.95. The van der Waals surface area contributed by atoms with Crippen LogP contribution in [0.3, 0.4) is 0 Å². The van der Waals surface area contributed by atoms with Crippen LogP contribution in [0.15, 0.2) is 30.3 Å². The molecule has 17 heavy (non-hydrogen) atoms. The van der Waals surface area contributed by atoms with Gasteiger partial charge in [0.25, 0.3) is 0 Å². The highest BCUT2D eigenvalue weighted by Crippen LogP contribution is 2.06. The molecule has 96 valence electrons. The van der Waals surface area contributed by atoms with Crippen LogP contribution in [-0.2, 0) is 15.6 Å². The zero-order valence-corrected chi connectivity index (χ0v) is 11.5. The van der Waals surface area contributed by atoms with Crippen molar-refractivity contribution in [2.24, 2.45) is 0 Å². The fourth-order valence-electron chi connectivity index (χ4n) is 1.65. The van der Waals surface area contributed by atoms with Crippen LogP contribution in [0.5, 0.6) is 0 Å². The molecule has 1 aromatic rings. The van der Waals surface area contributed by atoms with Crippen molar-refractivity contribution in [3.63, 3.8) is 0 Å². The Morgan fingerprint density at radius 2 is 1.88 bits per heavy atom. The van der Waals surface area contributed by atoms with Crippen LogP contribution < -0.4 is 0 Å². The molecule has 5 heteroatoms. The van der Waals surface area contributed by atoms with E-state index in [1.807, 2.05) is 18.2 Å². The van der Waals surface area contributed by atoms with Gasteiger partial charge in [-0.1, -0.05) is 37.3 Å². The molecule has 1 rings (SSSR count). The van der Waals surface area contributed by atoms with Crippen molar-refractivity contribution in [2.45, 2.75) is 19.9 Å². The van der Waals surface area contributed by atoms with E-state index in [-0.39, 0.29) is 5.75 Å². The maximum Gasteiger partial charge on any atom is 0.232 e. The van der Waals surface area contributed by atoms with Gasteiger partial charge in [0.2, 0.25) is 9.05 Å². The molecule has 0 spiro atoms. The van der Waals surface area contributed by atoms with E-state index in [1.165, 1.54) is 5.56 Å². The number of nitrogens with zero attached hydrogens (tertiary/aromatic N) is 1. The van der Waals surface area contributed by atoms with Crippen LogP contribution in [0, 0.1) is 0 Å². The lowest BCUT2D eigenvalue weighted by Crippen LogP contribution is -2.25. The van der Waals surface area contributed by atoms with E-state index in [1.54, 1.807) is 0 Å². The first kappa shape index (κ1) is 14.5. The third-order valence-corrected chi connectivity index (χ3v) is 3.80. The van der Waals surface area contributed by atoms with E-state index in [0.29, 0.717) is 6.42 Å². The summed E-state index contributed by atoms with van der Waals surface area (Å²) < 4.78 is 21.6. The van der Waals surface area contributed by atoms with Crippen LogP contribution >= 0.6 is 10.7 Å². The standard InChI is InChI=1S/C12H18ClNO2S/c1-2-14(9-6-10-17(13,15)16)11-12-7-4-3-5-8-12/h3-5,7-8H,2,6,9-11H2,1H3. The van der Waals surface area contributed by atoms with Gasteiger partial charge in [-0.15, -0.1) is 0 Å². The molecule has 0 saturated carbocycles. The SMILES string of the molecule is CCN(CCCS(=O)(=O)Cl)Cc1ccccc1. The van der Waals surface area contributed by atoms with Crippen molar-refractivity contribution in [1.29, 1.82) is 0 Å². The molecule has 0 aliphatic heterocycles. The first-order valence-electron chi connectivity index (χ1n) is 5.70. The molecular weight excluding hydrogens is 258 g/mol. The first-order valence-corrected chi connectivity index (χ1v) is 8.17. The fraction of sp³-hybridized carbons (Fsp3) is 0.500. The van der Waals surface area contributed by atoms with Crippen molar-refractivity contribution in [1.82, 2.24) is 4.90 Å². The third-order valence-electron chi connectivity index (χ3n) is 2.56. The largest absolute Gasteiger partial charge is 0.299 e. The normalized spacial score (nSPS) is 11.9. The molecule has 0 N–H and O–H groups in total. The van der Waals surface area contributed by atoms with Crippen LogP contribution in [-0.4, -0.2) is 32.2 Å². The lowest BCUT2D eigenvalue weighted by Gasteiger charge is -2.19. The number of halogens is 1. The van der Waals surface area contributed by atoms with Crippen molar-refractivity contribution in [2.75, 3.05) is 18.8 Å².